The molecule has 3 heteroatoms. The molecule has 0 spiro atoms. The molecule has 56 valence electrons. The summed E-state index contributed by atoms with van der Waals surface area (Å²) in [7, 11) is 0. The number of hydrogen-bond acceptors (Lipinski definition) is 2. The van der Waals surface area contributed by atoms with Crippen LogP contribution in [-0.4, -0.2) is 27.5 Å². The van der Waals surface area contributed by atoms with Gasteiger partial charge in [0.05, 0.1) is 0 Å². The fourth-order valence-corrected chi connectivity index (χ4v) is 2.81. The third kappa shape index (κ3) is 0.764. The zero-order chi connectivity index (χ0) is 7.30. The summed E-state index contributed by atoms with van der Waals surface area (Å²) in [6.45, 7) is 4.16. The van der Waals surface area contributed by atoms with E-state index >= 15 is 0 Å². The number of hydrogen-bond donors (Lipinski definition) is 0. The zero-order valence-corrected chi connectivity index (χ0v) is 7.02. The van der Waals surface area contributed by atoms with E-state index in [1.807, 2.05) is 4.90 Å². The van der Waals surface area contributed by atoms with Gasteiger partial charge in [-0.2, -0.15) is 0 Å². The average Bonchev–Trinajstić information content (AvgIpc) is 2.42. The van der Waals surface area contributed by atoms with Crippen molar-refractivity contribution < 1.29 is 4.79 Å². The zero-order valence-electron chi connectivity index (χ0n) is 6.20. The Morgan fingerprint density at radius 3 is 2.70 bits per heavy atom. The summed E-state index contributed by atoms with van der Waals surface area (Å²) < 4.78 is 0. The Kier molecular flexibility index (Phi) is 1.24. The maximum absolute atomic E-state index is 11.1. The van der Waals surface area contributed by atoms with Gasteiger partial charge >= 0.3 is 0 Å². The first kappa shape index (κ1) is 6.53. The lowest BCUT2D eigenvalue weighted by molar-refractivity contribution is 0.209. The van der Waals surface area contributed by atoms with Gasteiger partial charge in [0.2, 0.25) is 0 Å². The first-order chi connectivity index (χ1) is 4.70. The predicted octanol–water partition coefficient (Wildman–Crippen LogP) is 1.70. The standard InChI is InChI=1S/C7H11NOS/c1-4(2)8-5-3-6(5)10-7(8)9/h4-6H,3H2,1-2H3. The summed E-state index contributed by atoms with van der Waals surface area (Å²) in [6, 6.07) is 0.995. The summed E-state index contributed by atoms with van der Waals surface area (Å²) >= 11 is 1.52. The van der Waals surface area contributed by atoms with Crippen molar-refractivity contribution in [1.29, 1.82) is 0 Å². The summed E-state index contributed by atoms with van der Waals surface area (Å²) in [5.41, 5.74) is 0. The summed E-state index contributed by atoms with van der Waals surface area (Å²) in [5, 5.41) is 0.936. The molecule has 0 aromatic rings. The predicted molar refractivity (Wildman–Crippen MR) is 42.2 cm³/mol. The van der Waals surface area contributed by atoms with Gasteiger partial charge in [-0.05, 0) is 20.3 Å². The number of fused-ring (bicyclic) bond motifs is 1. The molecule has 2 unspecified atom stereocenters. The number of carbonyl (C=O) groups is 1. The number of amides is 1. The van der Waals surface area contributed by atoms with Gasteiger partial charge in [-0.3, -0.25) is 4.79 Å². The van der Waals surface area contributed by atoms with Crippen LogP contribution in [0.25, 0.3) is 0 Å². The van der Waals surface area contributed by atoms with E-state index in [0.717, 1.165) is 0 Å². The van der Waals surface area contributed by atoms with Gasteiger partial charge in [0.15, 0.2) is 0 Å². The molecule has 10 heavy (non-hydrogen) atoms. The van der Waals surface area contributed by atoms with E-state index in [2.05, 4.69) is 13.8 Å². The molecule has 1 aliphatic heterocycles. The van der Waals surface area contributed by atoms with Gasteiger partial charge in [0, 0.05) is 17.3 Å². The molecule has 1 saturated heterocycles. The van der Waals surface area contributed by atoms with Crippen molar-refractivity contribution in [2.45, 2.75) is 37.6 Å². The molecule has 0 N–H and O–H groups in total. The van der Waals surface area contributed by atoms with Gasteiger partial charge in [-0.15, -0.1) is 0 Å². The van der Waals surface area contributed by atoms with E-state index in [0.29, 0.717) is 17.3 Å². The van der Waals surface area contributed by atoms with Gasteiger partial charge in [0.25, 0.3) is 5.24 Å². The Balaban J connectivity index is 2.12. The lowest BCUT2D eigenvalue weighted by Crippen LogP contribution is -2.33. The highest BCUT2D eigenvalue weighted by atomic mass is 32.2. The highest BCUT2D eigenvalue weighted by Gasteiger charge is 2.53. The second kappa shape index (κ2) is 1.91. The molecule has 1 saturated carbocycles. The van der Waals surface area contributed by atoms with Crippen molar-refractivity contribution in [3.63, 3.8) is 0 Å². The van der Waals surface area contributed by atoms with Crippen molar-refractivity contribution in [3.05, 3.63) is 0 Å². The van der Waals surface area contributed by atoms with E-state index in [1.54, 1.807) is 0 Å². The normalized spacial score (nSPS) is 37.1. The average molecular weight is 157 g/mol. The van der Waals surface area contributed by atoms with E-state index in [4.69, 9.17) is 0 Å². The minimum atomic E-state index is 0.288. The first-order valence-electron chi connectivity index (χ1n) is 3.69. The molecule has 1 amide bonds. The Morgan fingerprint density at radius 2 is 2.40 bits per heavy atom. The van der Waals surface area contributed by atoms with E-state index in [-0.39, 0.29) is 5.24 Å². The molecule has 0 aromatic carbocycles. The maximum atomic E-state index is 11.1. The van der Waals surface area contributed by atoms with Gasteiger partial charge in [0.1, 0.15) is 0 Å². The molecular weight excluding hydrogens is 146 g/mol. The highest BCUT2D eigenvalue weighted by molar-refractivity contribution is 8.14. The van der Waals surface area contributed by atoms with Crippen LogP contribution in [-0.2, 0) is 0 Å². The van der Waals surface area contributed by atoms with Crippen molar-refractivity contribution in [2.24, 2.45) is 0 Å². The van der Waals surface area contributed by atoms with E-state index in [9.17, 15) is 4.79 Å². The molecular formula is C7H11NOS. The fourth-order valence-electron chi connectivity index (χ4n) is 1.50. The third-order valence-corrected chi connectivity index (χ3v) is 3.30. The monoisotopic (exact) mass is 157 g/mol. The number of carbonyl (C=O) groups excluding carboxylic acids is 1. The number of rotatable bonds is 1. The van der Waals surface area contributed by atoms with Crippen molar-refractivity contribution >= 4 is 17.0 Å². The molecule has 1 aliphatic carbocycles. The summed E-state index contributed by atoms with van der Waals surface area (Å²) in [4.78, 5) is 13.2. The second-order valence-electron chi connectivity index (χ2n) is 3.23. The molecule has 2 aliphatic rings. The first-order valence-corrected chi connectivity index (χ1v) is 4.57. The lowest BCUT2D eigenvalue weighted by atomic mass is 10.3. The quantitative estimate of drug-likeness (QED) is 0.577. The minimum absolute atomic E-state index is 0.288. The Hall–Kier alpha value is -0.180. The summed E-state index contributed by atoms with van der Waals surface area (Å²) in [6.07, 6.45) is 1.23. The molecule has 0 bridgehead atoms. The van der Waals surface area contributed by atoms with Gasteiger partial charge in [-0.25, -0.2) is 0 Å². The number of nitrogens with zero attached hydrogens (tertiary/aromatic N) is 1. The molecule has 1 heterocycles. The SMILES string of the molecule is CC(C)N1C(=O)SC2CC21. The van der Waals surface area contributed by atoms with Crippen LogP contribution in [0.5, 0.6) is 0 Å². The molecule has 0 radical (unpaired) electrons. The second-order valence-corrected chi connectivity index (χ2v) is 4.42. The van der Waals surface area contributed by atoms with Crippen LogP contribution in [0, 0.1) is 0 Å². The van der Waals surface area contributed by atoms with Crippen LogP contribution < -0.4 is 0 Å². The van der Waals surface area contributed by atoms with E-state index < -0.39 is 0 Å². The van der Waals surface area contributed by atoms with Crippen LogP contribution in [0.1, 0.15) is 20.3 Å². The molecule has 2 fully saturated rings. The van der Waals surface area contributed by atoms with Crippen LogP contribution in [0.2, 0.25) is 0 Å². The molecule has 2 atom stereocenters. The van der Waals surface area contributed by atoms with E-state index in [1.165, 1.54) is 18.2 Å². The lowest BCUT2D eigenvalue weighted by Gasteiger charge is -2.21. The van der Waals surface area contributed by atoms with Crippen LogP contribution in [0.3, 0.4) is 0 Å². The Labute approximate surface area is 65.0 Å². The molecule has 2 rings (SSSR count). The molecule has 2 nitrogen and oxygen atoms in total. The van der Waals surface area contributed by atoms with Crippen molar-refractivity contribution in [2.75, 3.05) is 0 Å². The van der Waals surface area contributed by atoms with Crippen LogP contribution >= 0.6 is 11.8 Å². The van der Waals surface area contributed by atoms with Crippen LogP contribution in [0.4, 0.5) is 4.79 Å². The maximum Gasteiger partial charge on any atom is 0.282 e. The molecule has 0 aromatic heterocycles. The topological polar surface area (TPSA) is 20.3 Å². The number of thioether (sulfide) groups is 1. The smallest absolute Gasteiger partial charge is 0.282 e. The Bertz CT molecular complexity index is 180. The highest BCUT2D eigenvalue weighted by Crippen LogP contribution is 2.48. The minimum Gasteiger partial charge on any atom is -0.327 e. The fraction of sp³-hybridized carbons (Fsp3) is 0.857. The van der Waals surface area contributed by atoms with Gasteiger partial charge in [-0.1, -0.05) is 11.8 Å². The van der Waals surface area contributed by atoms with Crippen LogP contribution in [0.15, 0.2) is 0 Å². The van der Waals surface area contributed by atoms with Crippen molar-refractivity contribution in [3.8, 4) is 0 Å². The third-order valence-electron chi connectivity index (χ3n) is 2.08. The van der Waals surface area contributed by atoms with Gasteiger partial charge < -0.3 is 4.90 Å². The summed E-state index contributed by atoms with van der Waals surface area (Å²) in [5.74, 6) is 0. The van der Waals surface area contributed by atoms with Crippen molar-refractivity contribution in [1.82, 2.24) is 4.90 Å². The largest absolute Gasteiger partial charge is 0.327 e. The Morgan fingerprint density at radius 1 is 1.70 bits per heavy atom.